The van der Waals surface area contributed by atoms with E-state index in [1.807, 2.05) is 0 Å². The van der Waals surface area contributed by atoms with E-state index in [0.29, 0.717) is 15.7 Å². The molecule has 0 heterocycles. The van der Waals surface area contributed by atoms with E-state index in [0.717, 1.165) is 0 Å². The zero-order valence-corrected chi connectivity index (χ0v) is 14.8. The molecule has 1 aliphatic carbocycles. The molecular weight excluding hydrogens is 340 g/mol. The Balaban J connectivity index is 2.36. The second kappa shape index (κ2) is 4.45. The van der Waals surface area contributed by atoms with Gasteiger partial charge < -0.3 is 5.73 Å². The van der Waals surface area contributed by atoms with Crippen LogP contribution in [0.1, 0.15) is 33.3 Å². The van der Waals surface area contributed by atoms with Gasteiger partial charge in [0.25, 0.3) is 0 Å². The molecule has 0 saturated heterocycles. The molecule has 2 rings (SSSR count). The number of hydrogen-bond acceptors (Lipinski definition) is 3. The number of rotatable bonds is 3. The van der Waals surface area contributed by atoms with Crippen molar-refractivity contribution in [3.05, 3.63) is 22.2 Å². The minimum Gasteiger partial charge on any atom is -0.398 e. The lowest BCUT2D eigenvalue weighted by Gasteiger charge is -2.12. The van der Waals surface area contributed by atoms with E-state index in [2.05, 4.69) is 48.3 Å². The van der Waals surface area contributed by atoms with Crippen molar-refractivity contribution in [2.75, 3.05) is 5.73 Å². The predicted molar refractivity (Wildman–Crippen MR) is 85.0 cm³/mol. The number of nitrogen functional groups attached to an aromatic ring is 1. The second-order valence-electron chi connectivity index (χ2n) is 6.64. The van der Waals surface area contributed by atoms with Crippen molar-refractivity contribution < 1.29 is 8.42 Å². The molecule has 1 aromatic rings. The summed E-state index contributed by atoms with van der Waals surface area (Å²) >= 11 is 3.31. The number of hydrogen-bond donors (Lipinski definition) is 2. The SMILES string of the molecule is Cc1cc(Br)c(N)cc1S(=O)(=O)NC1C(C)(C)C1(C)C. The summed E-state index contributed by atoms with van der Waals surface area (Å²) in [6, 6.07) is 3.17. The molecule has 0 aliphatic heterocycles. The standard InChI is InChI=1S/C14H21BrN2O2S/c1-8-6-9(15)10(16)7-11(8)20(18,19)17-12-13(2,3)14(12,4)5/h6-7,12,17H,16H2,1-5H3. The maximum Gasteiger partial charge on any atom is 0.241 e. The fourth-order valence-electron chi connectivity index (χ4n) is 2.67. The van der Waals surface area contributed by atoms with E-state index in [1.54, 1.807) is 13.0 Å². The number of benzene rings is 1. The molecule has 1 aliphatic rings. The molecular formula is C14H21BrN2O2S. The van der Waals surface area contributed by atoms with Gasteiger partial charge in [-0.05, 0) is 51.4 Å². The molecule has 6 heteroatoms. The molecule has 4 nitrogen and oxygen atoms in total. The maximum atomic E-state index is 12.6. The quantitative estimate of drug-likeness (QED) is 0.813. The first-order chi connectivity index (χ1) is 8.91. The van der Waals surface area contributed by atoms with Crippen LogP contribution in [0.4, 0.5) is 5.69 Å². The van der Waals surface area contributed by atoms with Crippen LogP contribution < -0.4 is 10.5 Å². The van der Waals surface area contributed by atoms with E-state index >= 15 is 0 Å². The van der Waals surface area contributed by atoms with Crippen molar-refractivity contribution in [1.82, 2.24) is 4.72 Å². The number of anilines is 1. The number of aryl methyl sites for hydroxylation is 1. The molecule has 0 spiro atoms. The molecule has 1 aromatic carbocycles. The van der Waals surface area contributed by atoms with Gasteiger partial charge in [0.05, 0.1) is 4.90 Å². The average Bonchev–Trinajstić information content (AvgIpc) is 2.65. The Kier molecular flexibility index (Phi) is 3.51. The molecule has 0 radical (unpaired) electrons. The van der Waals surface area contributed by atoms with Gasteiger partial charge in [-0.3, -0.25) is 0 Å². The van der Waals surface area contributed by atoms with Crippen LogP contribution in [0.25, 0.3) is 0 Å². The number of nitrogens with two attached hydrogens (primary N) is 1. The predicted octanol–water partition coefficient (Wildman–Crippen LogP) is 3.05. The van der Waals surface area contributed by atoms with Crippen LogP contribution in [0.3, 0.4) is 0 Å². The van der Waals surface area contributed by atoms with Crippen molar-refractivity contribution in [1.29, 1.82) is 0 Å². The highest BCUT2D eigenvalue weighted by molar-refractivity contribution is 9.10. The second-order valence-corrected chi connectivity index (χ2v) is 9.17. The Bertz CT molecular complexity index is 652. The third kappa shape index (κ3) is 2.27. The molecule has 3 N–H and O–H groups in total. The van der Waals surface area contributed by atoms with E-state index in [1.165, 1.54) is 6.07 Å². The summed E-state index contributed by atoms with van der Waals surface area (Å²) in [7, 11) is -3.56. The fourth-order valence-corrected chi connectivity index (χ4v) is 4.92. The van der Waals surface area contributed by atoms with Crippen LogP contribution in [0.15, 0.2) is 21.5 Å². The lowest BCUT2D eigenvalue weighted by atomic mass is 10.0. The Morgan fingerprint density at radius 1 is 1.20 bits per heavy atom. The average molecular weight is 361 g/mol. The first-order valence-corrected chi connectivity index (χ1v) is 8.77. The van der Waals surface area contributed by atoms with E-state index in [9.17, 15) is 8.42 Å². The third-order valence-electron chi connectivity index (χ3n) is 4.88. The molecule has 1 saturated carbocycles. The van der Waals surface area contributed by atoms with Crippen LogP contribution >= 0.6 is 15.9 Å². The van der Waals surface area contributed by atoms with Crippen LogP contribution in [0.5, 0.6) is 0 Å². The third-order valence-corrected chi connectivity index (χ3v) is 7.13. The van der Waals surface area contributed by atoms with E-state index in [4.69, 9.17) is 5.73 Å². The maximum absolute atomic E-state index is 12.6. The van der Waals surface area contributed by atoms with Crippen LogP contribution in [-0.4, -0.2) is 14.5 Å². The van der Waals surface area contributed by atoms with Crippen molar-refractivity contribution in [2.45, 2.75) is 45.6 Å². The van der Waals surface area contributed by atoms with Crippen LogP contribution in [0.2, 0.25) is 0 Å². The number of nitrogens with one attached hydrogen (secondary N) is 1. The summed E-state index contributed by atoms with van der Waals surface area (Å²) in [6.07, 6.45) is 0. The molecule has 0 atom stereocenters. The summed E-state index contributed by atoms with van der Waals surface area (Å²) in [5.74, 6) is 0. The van der Waals surface area contributed by atoms with Crippen molar-refractivity contribution >= 4 is 31.6 Å². The fraction of sp³-hybridized carbons (Fsp3) is 0.571. The van der Waals surface area contributed by atoms with Gasteiger partial charge in [0, 0.05) is 16.2 Å². The Hall–Kier alpha value is -0.590. The van der Waals surface area contributed by atoms with Gasteiger partial charge in [0.2, 0.25) is 10.0 Å². The molecule has 0 unspecified atom stereocenters. The number of sulfonamides is 1. The highest BCUT2D eigenvalue weighted by Gasteiger charge is 2.66. The lowest BCUT2D eigenvalue weighted by molar-refractivity contribution is 0.457. The summed E-state index contributed by atoms with van der Waals surface area (Å²) in [6.45, 7) is 10.1. The lowest BCUT2D eigenvalue weighted by Crippen LogP contribution is -2.30. The topological polar surface area (TPSA) is 72.2 Å². The van der Waals surface area contributed by atoms with Gasteiger partial charge in [0.15, 0.2) is 0 Å². The van der Waals surface area contributed by atoms with Gasteiger partial charge in [0.1, 0.15) is 0 Å². The molecule has 20 heavy (non-hydrogen) atoms. The smallest absolute Gasteiger partial charge is 0.241 e. The highest BCUT2D eigenvalue weighted by Crippen LogP contribution is 2.63. The summed E-state index contributed by atoms with van der Waals surface area (Å²) in [5, 5.41) is 0. The normalized spacial score (nSPS) is 20.9. The first kappa shape index (κ1) is 15.8. The van der Waals surface area contributed by atoms with Crippen LogP contribution in [0, 0.1) is 17.8 Å². The van der Waals surface area contributed by atoms with Gasteiger partial charge >= 0.3 is 0 Å². The minimum absolute atomic E-state index is 0.0467. The van der Waals surface area contributed by atoms with Crippen molar-refractivity contribution in [3.8, 4) is 0 Å². The molecule has 0 amide bonds. The zero-order chi connectivity index (χ0) is 15.5. The first-order valence-electron chi connectivity index (χ1n) is 6.49. The Morgan fingerprint density at radius 2 is 1.70 bits per heavy atom. The highest BCUT2D eigenvalue weighted by atomic mass is 79.9. The molecule has 0 aromatic heterocycles. The summed E-state index contributed by atoms with van der Waals surface area (Å²) < 4.78 is 28.6. The van der Waals surface area contributed by atoms with E-state index < -0.39 is 10.0 Å². The summed E-state index contributed by atoms with van der Waals surface area (Å²) in [4.78, 5) is 0.247. The Morgan fingerprint density at radius 3 is 2.15 bits per heavy atom. The number of halogens is 1. The van der Waals surface area contributed by atoms with E-state index in [-0.39, 0.29) is 21.8 Å². The van der Waals surface area contributed by atoms with Crippen molar-refractivity contribution in [3.63, 3.8) is 0 Å². The Labute approximate surface area is 129 Å². The van der Waals surface area contributed by atoms with Crippen LogP contribution in [-0.2, 0) is 10.0 Å². The monoisotopic (exact) mass is 360 g/mol. The minimum atomic E-state index is -3.56. The van der Waals surface area contributed by atoms with Gasteiger partial charge in [-0.15, -0.1) is 0 Å². The van der Waals surface area contributed by atoms with Gasteiger partial charge in [-0.25, -0.2) is 13.1 Å². The molecule has 112 valence electrons. The van der Waals surface area contributed by atoms with Crippen molar-refractivity contribution in [2.24, 2.45) is 10.8 Å². The van der Waals surface area contributed by atoms with Gasteiger partial charge in [-0.1, -0.05) is 27.7 Å². The van der Waals surface area contributed by atoms with Gasteiger partial charge in [-0.2, -0.15) is 0 Å². The molecule has 1 fully saturated rings. The largest absolute Gasteiger partial charge is 0.398 e. The zero-order valence-electron chi connectivity index (χ0n) is 12.4. The molecule has 0 bridgehead atoms. The summed E-state index contributed by atoms with van der Waals surface area (Å²) in [5.41, 5.74) is 6.80.